The fraction of sp³-hybridized carbons (Fsp3) is 0. The molecule has 0 atom stereocenters. The number of amides is 2. The fourth-order valence-corrected chi connectivity index (χ4v) is 3.05. The van der Waals surface area contributed by atoms with Gasteiger partial charge in [-0.2, -0.15) is 0 Å². The molecule has 0 radical (unpaired) electrons. The van der Waals surface area contributed by atoms with E-state index in [4.69, 9.17) is 0 Å². The minimum absolute atomic E-state index is 0.285. The highest BCUT2D eigenvalue weighted by Gasteiger charge is 2.14. The zero-order chi connectivity index (χ0) is 20.8. The van der Waals surface area contributed by atoms with Crippen molar-refractivity contribution in [3.05, 3.63) is 114 Å². The van der Waals surface area contributed by atoms with Gasteiger partial charge in [-0.15, -0.1) is 0 Å². The summed E-state index contributed by atoms with van der Waals surface area (Å²) in [6, 6.07) is 29.4. The van der Waals surface area contributed by atoms with Gasteiger partial charge in [-0.1, -0.05) is 60.7 Å². The van der Waals surface area contributed by atoms with Gasteiger partial charge in [0.2, 0.25) is 0 Å². The average molecular weight is 393 g/mol. The third-order valence-corrected chi connectivity index (χ3v) is 4.58. The first-order chi connectivity index (χ1) is 14.7. The molecule has 1 heterocycles. The van der Waals surface area contributed by atoms with E-state index >= 15 is 0 Å². The van der Waals surface area contributed by atoms with Crippen LogP contribution in [-0.4, -0.2) is 16.8 Å². The molecule has 5 nitrogen and oxygen atoms in total. The molecular formula is C25H19N3O2. The maximum absolute atomic E-state index is 12.7. The van der Waals surface area contributed by atoms with Crippen LogP contribution in [0.3, 0.4) is 0 Å². The summed E-state index contributed by atoms with van der Waals surface area (Å²) in [7, 11) is 0. The van der Waals surface area contributed by atoms with E-state index in [1.165, 1.54) is 0 Å². The van der Waals surface area contributed by atoms with Crippen molar-refractivity contribution >= 4 is 23.3 Å². The third kappa shape index (κ3) is 4.42. The molecule has 1 aromatic heterocycles. The Labute approximate surface area is 174 Å². The van der Waals surface area contributed by atoms with Crippen LogP contribution in [0.5, 0.6) is 0 Å². The van der Waals surface area contributed by atoms with Crippen molar-refractivity contribution in [3.63, 3.8) is 0 Å². The van der Waals surface area contributed by atoms with E-state index in [1.807, 2.05) is 42.5 Å². The zero-order valence-corrected chi connectivity index (χ0v) is 16.1. The third-order valence-electron chi connectivity index (χ3n) is 4.58. The molecule has 0 aliphatic rings. The van der Waals surface area contributed by atoms with Gasteiger partial charge in [-0.3, -0.25) is 9.59 Å². The largest absolute Gasteiger partial charge is 0.321 e. The standard InChI is InChI=1S/C25H19N3O2/c29-24(20-15-13-19(14-16-20)18-8-2-1-3-9-18)27-22-11-5-4-10-21(22)25(30)28-23-12-6-7-17-26-23/h1-17H,(H,27,29)(H,26,28,30). The summed E-state index contributed by atoms with van der Waals surface area (Å²) in [6.07, 6.45) is 1.60. The lowest BCUT2D eigenvalue weighted by molar-refractivity contribution is 0.102. The number of carbonyl (C=O) groups excluding carboxylic acids is 2. The van der Waals surface area contributed by atoms with E-state index in [0.717, 1.165) is 11.1 Å². The second-order valence-electron chi connectivity index (χ2n) is 6.61. The monoisotopic (exact) mass is 393 g/mol. The lowest BCUT2D eigenvalue weighted by Gasteiger charge is -2.11. The SMILES string of the molecule is O=C(Nc1ccccc1C(=O)Nc1ccccn1)c1ccc(-c2ccccc2)cc1. The molecule has 0 bridgehead atoms. The van der Waals surface area contributed by atoms with Gasteiger partial charge in [0.25, 0.3) is 11.8 Å². The van der Waals surface area contributed by atoms with Crippen molar-refractivity contribution in [3.8, 4) is 11.1 Å². The van der Waals surface area contributed by atoms with Crippen molar-refractivity contribution in [1.82, 2.24) is 4.98 Å². The van der Waals surface area contributed by atoms with Crippen LogP contribution in [0.1, 0.15) is 20.7 Å². The number of hydrogen-bond donors (Lipinski definition) is 2. The summed E-state index contributed by atoms with van der Waals surface area (Å²) >= 11 is 0. The number of rotatable bonds is 5. The summed E-state index contributed by atoms with van der Waals surface area (Å²) in [5.74, 6) is -0.183. The molecule has 5 heteroatoms. The van der Waals surface area contributed by atoms with Crippen molar-refractivity contribution in [2.45, 2.75) is 0 Å². The highest BCUT2D eigenvalue weighted by Crippen LogP contribution is 2.21. The predicted octanol–water partition coefficient (Wildman–Crippen LogP) is 5.25. The van der Waals surface area contributed by atoms with Crippen LogP contribution in [0.15, 0.2) is 103 Å². The number of nitrogens with zero attached hydrogens (tertiary/aromatic N) is 1. The second kappa shape index (κ2) is 8.84. The molecule has 0 saturated heterocycles. The van der Waals surface area contributed by atoms with Gasteiger partial charge in [0.1, 0.15) is 5.82 Å². The van der Waals surface area contributed by atoms with Gasteiger partial charge >= 0.3 is 0 Å². The summed E-state index contributed by atoms with van der Waals surface area (Å²) in [6.45, 7) is 0. The minimum atomic E-state index is -0.343. The first-order valence-corrected chi connectivity index (χ1v) is 9.49. The van der Waals surface area contributed by atoms with Crippen molar-refractivity contribution in [2.75, 3.05) is 10.6 Å². The molecule has 0 fully saturated rings. The van der Waals surface area contributed by atoms with Crippen LogP contribution in [0.4, 0.5) is 11.5 Å². The number of aromatic nitrogens is 1. The van der Waals surface area contributed by atoms with Crippen LogP contribution in [0.2, 0.25) is 0 Å². The Morgan fingerprint density at radius 2 is 1.27 bits per heavy atom. The van der Waals surface area contributed by atoms with E-state index in [0.29, 0.717) is 22.6 Å². The van der Waals surface area contributed by atoms with Gasteiger partial charge in [0.15, 0.2) is 0 Å². The van der Waals surface area contributed by atoms with Crippen LogP contribution >= 0.6 is 0 Å². The lowest BCUT2D eigenvalue weighted by Crippen LogP contribution is -2.18. The smallest absolute Gasteiger partial charge is 0.258 e. The van der Waals surface area contributed by atoms with Crippen LogP contribution in [-0.2, 0) is 0 Å². The highest BCUT2D eigenvalue weighted by atomic mass is 16.2. The van der Waals surface area contributed by atoms with Crippen LogP contribution in [0.25, 0.3) is 11.1 Å². The topological polar surface area (TPSA) is 71.1 Å². The zero-order valence-electron chi connectivity index (χ0n) is 16.1. The van der Waals surface area contributed by atoms with Gasteiger partial charge in [-0.25, -0.2) is 4.98 Å². The van der Waals surface area contributed by atoms with Gasteiger partial charge in [0.05, 0.1) is 11.3 Å². The lowest BCUT2D eigenvalue weighted by atomic mass is 10.0. The Morgan fingerprint density at radius 3 is 2.00 bits per heavy atom. The molecule has 0 aliphatic carbocycles. The molecular weight excluding hydrogens is 374 g/mol. The molecule has 2 N–H and O–H groups in total. The van der Waals surface area contributed by atoms with Crippen molar-refractivity contribution in [2.24, 2.45) is 0 Å². The Kier molecular flexibility index (Phi) is 5.62. The van der Waals surface area contributed by atoms with E-state index in [9.17, 15) is 9.59 Å². The minimum Gasteiger partial charge on any atom is -0.321 e. The van der Waals surface area contributed by atoms with Crippen molar-refractivity contribution in [1.29, 1.82) is 0 Å². The van der Waals surface area contributed by atoms with Crippen molar-refractivity contribution < 1.29 is 9.59 Å². The normalized spacial score (nSPS) is 10.3. The summed E-state index contributed by atoms with van der Waals surface area (Å²) < 4.78 is 0. The highest BCUT2D eigenvalue weighted by molar-refractivity contribution is 6.12. The maximum atomic E-state index is 12.7. The van der Waals surface area contributed by atoms with E-state index in [1.54, 1.807) is 60.8 Å². The van der Waals surface area contributed by atoms with E-state index in [2.05, 4.69) is 15.6 Å². The Balaban J connectivity index is 1.50. The van der Waals surface area contributed by atoms with Gasteiger partial charge in [-0.05, 0) is 47.5 Å². The predicted molar refractivity (Wildman–Crippen MR) is 118 cm³/mol. The number of para-hydroxylation sites is 1. The molecule has 0 saturated carbocycles. The summed E-state index contributed by atoms with van der Waals surface area (Å²) in [5, 5.41) is 5.57. The average Bonchev–Trinajstić information content (AvgIpc) is 2.81. The number of anilines is 2. The van der Waals surface area contributed by atoms with Gasteiger partial charge in [0, 0.05) is 11.8 Å². The van der Waals surface area contributed by atoms with E-state index < -0.39 is 0 Å². The molecule has 30 heavy (non-hydrogen) atoms. The quantitative estimate of drug-likeness (QED) is 0.486. The number of nitrogens with one attached hydrogen (secondary N) is 2. The first kappa shape index (κ1) is 19.1. The molecule has 0 spiro atoms. The Morgan fingerprint density at radius 1 is 0.600 bits per heavy atom. The molecule has 146 valence electrons. The van der Waals surface area contributed by atoms with E-state index in [-0.39, 0.29) is 11.8 Å². The fourth-order valence-electron chi connectivity index (χ4n) is 3.05. The molecule has 0 aliphatic heterocycles. The first-order valence-electron chi connectivity index (χ1n) is 9.49. The maximum Gasteiger partial charge on any atom is 0.258 e. The Bertz CT molecular complexity index is 1160. The van der Waals surface area contributed by atoms with Gasteiger partial charge < -0.3 is 10.6 Å². The molecule has 0 unspecified atom stereocenters. The van der Waals surface area contributed by atoms with Crippen LogP contribution < -0.4 is 10.6 Å². The molecule has 2 amide bonds. The Hall–Kier alpha value is -4.25. The number of pyridine rings is 1. The summed E-state index contributed by atoms with van der Waals surface area (Å²) in [5.41, 5.74) is 3.42. The second-order valence-corrected chi connectivity index (χ2v) is 6.61. The molecule has 4 aromatic rings. The molecule has 3 aromatic carbocycles. The summed E-state index contributed by atoms with van der Waals surface area (Å²) in [4.78, 5) is 29.5. The number of carbonyl (C=O) groups is 2. The van der Waals surface area contributed by atoms with Crippen LogP contribution in [0, 0.1) is 0 Å². The molecule has 4 rings (SSSR count). The number of hydrogen-bond acceptors (Lipinski definition) is 3. The number of benzene rings is 3.